The first-order valence-corrected chi connectivity index (χ1v) is 6.32. The van der Waals surface area contributed by atoms with Crippen molar-refractivity contribution >= 4 is 5.91 Å². The molecule has 0 saturated carbocycles. The molecular formula is C15H15N2O3. The molecule has 0 aliphatic heterocycles. The third-order valence-corrected chi connectivity index (χ3v) is 2.78. The molecular weight excluding hydrogens is 256 g/mol. The van der Waals surface area contributed by atoms with Gasteiger partial charge in [-0.05, 0) is 6.42 Å². The minimum atomic E-state index is -0.536. The molecule has 20 heavy (non-hydrogen) atoms. The van der Waals surface area contributed by atoms with Crippen molar-refractivity contribution in [2.75, 3.05) is 6.54 Å². The van der Waals surface area contributed by atoms with Gasteiger partial charge in [-0.3, -0.25) is 4.79 Å². The van der Waals surface area contributed by atoms with E-state index in [9.17, 15) is 15.0 Å². The first-order chi connectivity index (χ1) is 9.65. The standard InChI is InChI=1S/C15H15N2O3/c1-2-8-16-15(20)12-13(10-6-4-3-5-7-10)17-9-11(18)14(12)19/h3-7,18H,2,8H2,1H3,(H,16,20)(H,17,19). The molecule has 5 nitrogen and oxygen atoms in total. The van der Waals surface area contributed by atoms with E-state index in [1.807, 2.05) is 13.0 Å². The second-order valence-electron chi connectivity index (χ2n) is 4.27. The van der Waals surface area contributed by atoms with Crippen LogP contribution in [0, 0.1) is 6.20 Å². The van der Waals surface area contributed by atoms with Gasteiger partial charge in [0.25, 0.3) is 5.91 Å². The van der Waals surface area contributed by atoms with Gasteiger partial charge in [0.15, 0.2) is 11.5 Å². The summed E-state index contributed by atoms with van der Waals surface area (Å²) in [7, 11) is 0. The molecule has 1 amide bonds. The van der Waals surface area contributed by atoms with E-state index in [4.69, 9.17) is 0 Å². The molecule has 0 bridgehead atoms. The monoisotopic (exact) mass is 271 g/mol. The Hall–Kier alpha value is -2.56. The first kappa shape index (κ1) is 13.9. The van der Waals surface area contributed by atoms with Crippen molar-refractivity contribution in [3.63, 3.8) is 0 Å². The molecule has 1 radical (unpaired) electrons. The fourth-order valence-corrected chi connectivity index (χ4v) is 1.80. The molecule has 103 valence electrons. The van der Waals surface area contributed by atoms with Gasteiger partial charge in [-0.2, -0.15) is 0 Å². The smallest absolute Gasteiger partial charge is 0.257 e. The van der Waals surface area contributed by atoms with Crippen LogP contribution < -0.4 is 5.32 Å². The summed E-state index contributed by atoms with van der Waals surface area (Å²) >= 11 is 0. The quantitative estimate of drug-likeness (QED) is 0.795. The minimum absolute atomic E-state index is 0.0408. The number of aromatic hydroxyl groups is 2. The Balaban J connectivity index is 2.52. The van der Waals surface area contributed by atoms with Crippen LogP contribution in [-0.4, -0.2) is 27.6 Å². The van der Waals surface area contributed by atoms with Gasteiger partial charge in [0.2, 0.25) is 0 Å². The number of hydrogen-bond acceptors (Lipinski definition) is 4. The number of benzene rings is 1. The van der Waals surface area contributed by atoms with Gasteiger partial charge in [0.1, 0.15) is 11.8 Å². The summed E-state index contributed by atoms with van der Waals surface area (Å²) in [6, 6.07) is 8.97. The molecule has 1 aromatic carbocycles. The first-order valence-electron chi connectivity index (χ1n) is 6.32. The van der Waals surface area contributed by atoms with Crippen molar-refractivity contribution in [3.8, 4) is 22.8 Å². The van der Waals surface area contributed by atoms with E-state index in [0.29, 0.717) is 12.1 Å². The van der Waals surface area contributed by atoms with Gasteiger partial charge >= 0.3 is 0 Å². The molecule has 2 rings (SSSR count). The fourth-order valence-electron chi connectivity index (χ4n) is 1.80. The van der Waals surface area contributed by atoms with Gasteiger partial charge in [-0.1, -0.05) is 37.3 Å². The Morgan fingerprint density at radius 3 is 2.65 bits per heavy atom. The molecule has 3 N–H and O–H groups in total. The molecule has 2 aromatic rings. The van der Waals surface area contributed by atoms with Crippen LogP contribution in [0.5, 0.6) is 11.5 Å². The summed E-state index contributed by atoms with van der Waals surface area (Å²) < 4.78 is 0. The Labute approximate surface area is 116 Å². The Bertz CT molecular complexity index is 612. The predicted octanol–water partition coefficient (Wildman–Crippen LogP) is 2.10. The van der Waals surface area contributed by atoms with Crippen molar-refractivity contribution in [2.45, 2.75) is 13.3 Å². The molecule has 1 aromatic heterocycles. The average molecular weight is 271 g/mol. The molecule has 0 unspecified atom stereocenters. The third kappa shape index (κ3) is 2.71. The molecule has 0 spiro atoms. The summed E-state index contributed by atoms with van der Waals surface area (Å²) in [5.41, 5.74) is 0.913. The highest BCUT2D eigenvalue weighted by atomic mass is 16.3. The van der Waals surface area contributed by atoms with Gasteiger partial charge in [0, 0.05) is 12.1 Å². The largest absolute Gasteiger partial charge is 0.504 e. The number of carbonyl (C=O) groups is 1. The summed E-state index contributed by atoms with van der Waals surface area (Å²) in [6.07, 6.45) is 3.06. The van der Waals surface area contributed by atoms with Gasteiger partial charge < -0.3 is 15.5 Å². The number of carbonyl (C=O) groups excluding carboxylic acids is 1. The van der Waals surface area contributed by atoms with E-state index in [1.54, 1.807) is 24.3 Å². The van der Waals surface area contributed by atoms with Gasteiger partial charge in [-0.15, -0.1) is 0 Å². The highest BCUT2D eigenvalue weighted by molar-refractivity contribution is 6.03. The predicted molar refractivity (Wildman–Crippen MR) is 74.5 cm³/mol. The number of nitrogens with zero attached hydrogens (tertiary/aromatic N) is 1. The number of pyridine rings is 1. The lowest BCUT2D eigenvalue weighted by Crippen LogP contribution is -2.25. The molecule has 0 aliphatic carbocycles. The number of amides is 1. The maximum atomic E-state index is 12.1. The van der Waals surface area contributed by atoms with Crippen LogP contribution in [0.15, 0.2) is 30.3 Å². The number of hydrogen-bond donors (Lipinski definition) is 3. The maximum absolute atomic E-state index is 12.1. The van der Waals surface area contributed by atoms with Crippen molar-refractivity contribution < 1.29 is 15.0 Å². The second-order valence-corrected chi connectivity index (χ2v) is 4.27. The van der Waals surface area contributed by atoms with E-state index < -0.39 is 17.4 Å². The molecule has 0 aliphatic rings. The van der Waals surface area contributed by atoms with E-state index >= 15 is 0 Å². The van der Waals surface area contributed by atoms with E-state index in [-0.39, 0.29) is 11.3 Å². The van der Waals surface area contributed by atoms with Crippen molar-refractivity contribution in [3.05, 3.63) is 42.1 Å². The van der Waals surface area contributed by atoms with Crippen molar-refractivity contribution in [2.24, 2.45) is 0 Å². The summed E-state index contributed by atoms with van der Waals surface area (Å²) in [5, 5.41) is 22.1. The number of aromatic nitrogens is 1. The average Bonchev–Trinajstić information content (AvgIpc) is 2.48. The molecule has 5 heteroatoms. The zero-order chi connectivity index (χ0) is 14.5. The lowest BCUT2D eigenvalue weighted by molar-refractivity contribution is 0.0950. The normalized spacial score (nSPS) is 10.2. The second kappa shape index (κ2) is 6.06. The number of rotatable bonds is 4. The van der Waals surface area contributed by atoms with Crippen LogP contribution in [0.25, 0.3) is 11.3 Å². The highest BCUT2D eigenvalue weighted by Crippen LogP contribution is 2.34. The summed E-state index contributed by atoms with van der Waals surface area (Å²) in [4.78, 5) is 16.1. The lowest BCUT2D eigenvalue weighted by atomic mass is 10.0. The summed E-state index contributed by atoms with van der Waals surface area (Å²) in [6.45, 7) is 2.40. The molecule has 0 saturated heterocycles. The SMILES string of the molecule is CCCNC(=O)c1c(-c2ccccc2)n[c]c(O)c1O. The van der Waals surface area contributed by atoms with Crippen LogP contribution in [0.4, 0.5) is 0 Å². The van der Waals surface area contributed by atoms with Gasteiger partial charge in [-0.25, -0.2) is 4.98 Å². The Kier molecular flexibility index (Phi) is 4.20. The maximum Gasteiger partial charge on any atom is 0.257 e. The van der Waals surface area contributed by atoms with Crippen LogP contribution >= 0.6 is 0 Å². The van der Waals surface area contributed by atoms with Gasteiger partial charge in [0.05, 0.1) is 5.69 Å². The zero-order valence-electron chi connectivity index (χ0n) is 11.1. The third-order valence-electron chi connectivity index (χ3n) is 2.78. The fraction of sp³-hybridized carbons (Fsp3) is 0.200. The zero-order valence-corrected chi connectivity index (χ0v) is 11.1. The van der Waals surface area contributed by atoms with E-state index in [2.05, 4.69) is 16.5 Å². The van der Waals surface area contributed by atoms with Crippen LogP contribution in [0.3, 0.4) is 0 Å². The Morgan fingerprint density at radius 2 is 2.00 bits per heavy atom. The molecule has 0 atom stereocenters. The van der Waals surface area contributed by atoms with E-state index in [1.165, 1.54) is 0 Å². The topological polar surface area (TPSA) is 82.5 Å². The van der Waals surface area contributed by atoms with Crippen LogP contribution in [-0.2, 0) is 0 Å². The van der Waals surface area contributed by atoms with Crippen molar-refractivity contribution in [1.82, 2.24) is 10.3 Å². The molecule has 1 heterocycles. The van der Waals surface area contributed by atoms with Crippen molar-refractivity contribution in [1.29, 1.82) is 0 Å². The van der Waals surface area contributed by atoms with Crippen LogP contribution in [0.1, 0.15) is 23.7 Å². The minimum Gasteiger partial charge on any atom is -0.504 e. The molecule has 0 fully saturated rings. The van der Waals surface area contributed by atoms with E-state index in [0.717, 1.165) is 6.42 Å². The number of nitrogens with one attached hydrogen (secondary N) is 1. The summed E-state index contributed by atoms with van der Waals surface area (Å²) in [5.74, 6) is -1.52. The highest BCUT2D eigenvalue weighted by Gasteiger charge is 2.21. The Morgan fingerprint density at radius 1 is 1.30 bits per heavy atom. The lowest BCUT2D eigenvalue weighted by Gasteiger charge is -2.11. The van der Waals surface area contributed by atoms with Crippen LogP contribution in [0.2, 0.25) is 0 Å².